The van der Waals surface area contributed by atoms with E-state index in [1.807, 2.05) is 24.3 Å². The van der Waals surface area contributed by atoms with E-state index in [1.165, 1.54) is 6.92 Å². The summed E-state index contributed by atoms with van der Waals surface area (Å²) in [5.74, 6) is 1.03. The predicted octanol–water partition coefficient (Wildman–Crippen LogP) is 6.30. The Hall–Kier alpha value is -4.20. The molecule has 4 rings (SSSR count). The fourth-order valence-electron chi connectivity index (χ4n) is 3.52. The fraction of sp³-hybridized carbons (Fsp3) is 0.259. The first kappa shape index (κ1) is 23.9. The van der Waals surface area contributed by atoms with E-state index in [0.717, 1.165) is 10.9 Å². The van der Waals surface area contributed by atoms with Gasteiger partial charge in [0.05, 0.1) is 5.56 Å². The largest absolute Gasteiger partial charge is 0.507 e. The number of carbonyl (C=O) groups is 1. The second kappa shape index (κ2) is 9.21. The molecule has 0 saturated heterocycles. The zero-order valence-corrected chi connectivity index (χ0v) is 20.2. The third kappa shape index (κ3) is 5.48. The SMILES string of the molecule is Cc1c(-c2cc3cc(OCc4cccc(NC(=O)OC(C)(C)C)c4)ccc3o2)oc(=O)c(C)c1O. The summed E-state index contributed by atoms with van der Waals surface area (Å²) in [4.78, 5) is 24.0. The Balaban J connectivity index is 1.49. The Morgan fingerprint density at radius 2 is 1.80 bits per heavy atom. The molecule has 0 atom stereocenters. The van der Waals surface area contributed by atoms with Crippen LogP contribution >= 0.6 is 0 Å². The molecule has 0 radical (unpaired) electrons. The van der Waals surface area contributed by atoms with Gasteiger partial charge in [0, 0.05) is 16.6 Å². The van der Waals surface area contributed by atoms with Crippen molar-refractivity contribution in [1.82, 2.24) is 0 Å². The van der Waals surface area contributed by atoms with Gasteiger partial charge in [-0.15, -0.1) is 0 Å². The lowest BCUT2D eigenvalue weighted by molar-refractivity contribution is 0.0636. The number of ether oxygens (including phenoxy) is 2. The van der Waals surface area contributed by atoms with E-state index in [2.05, 4.69) is 5.32 Å². The molecule has 8 heteroatoms. The lowest BCUT2D eigenvalue weighted by atomic mass is 10.1. The van der Waals surface area contributed by atoms with Crippen LogP contribution in [0.1, 0.15) is 37.5 Å². The number of hydrogen-bond donors (Lipinski definition) is 2. The minimum atomic E-state index is -0.615. The van der Waals surface area contributed by atoms with Crippen LogP contribution in [0.4, 0.5) is 10.5 Å². The van der Waals surface area contributed by atoms with Gasteiger partial charge in [0.25, 0.3) is 0 Å². The zero-order chi connectivity index (χ0) is 25.3. The Bertz CT molecular complexity index is 1460. The van der Waals surface area contributed by atoms with Gasteiger partial charge < -0.3 is 23.4 Å². The van der Waals surface area contributed by atoms with Gasteiger partial charge in [-0.1, -0.05) is 12.1 Å². The average molecular weight is 478 g/mol. The number of fused-ring (bicyclic) bond motifs is 1. The van der Waals surface area contributed by atoms with Crippen molar-refractivity contribution in [3.63, 3.8) is 0 Å². The molecule has 35 heavy (non-hydrogen) atoms. The van der Waals surface area contributed by atoms with Crippen LogP contribution in [0.15, 0.2) is 62.2 Å². The zero-order valence-electron chi connectivity index (χ0n) is 20.2. The smallest absolute Gasteiger partial charge is 0.412 e. The summed E-state index contributed by atoms with van der Waals surface area (Å²) in [5, 5.41) is 13.7. The summed E-state index contributed by atoms with van der Waals surface area (Å²) in [6.45, 7) is 8.85. The van der Waals surface area contributed by atoms with Gasteiger partial charge in [-0.3, -0.25) is 5.32 Å². The number of nitrogens with one attached hydrogen (secondary N) is 1. The van der Waals surface area contributed by atoms with E-state index in [0.29, 0.717) is 28.3 Å². The van der Waals surface area contributed by atoms with Crippen molar-refractivity contribution < 1.29 is 28.2 Å². The van der Waals surface area contributed by atoms with E-state index in [9.17, 15) is 14.7 Å². The number of carbonyl (C=O) groups excluding carboxylic acids is 1. The average Bonchev–Trinajstić information content (AvgIpc) is 3.20. The molecule has 182 valence electrons. The molecule has 0 aliphatic heterocycles. The second-order valence-electron chi connectivity index (χ2n) is 9.24. The van der Waals surface area contributed by atoms with E-state index in [4.69, 9.17) is 18.3 Å². The summed E-state index contributed by atoms with van der Waals surface area (Å²) in [7, 11) is 0. The highest BCUT2D eigenvalue weighted by atomic mass is 16.6. The first-order chi connectivity index (χ1) is 16.5. The molecule has 0 aliphatic carbocycles. The summed E-state index contributed by atoms with van der Waals surface area (Å²) in [6.07, 6.45) is -0.523. The van der Waals surface area contributed by atoms with Crippen molar-refractivity contribution in [3.05, 3.63) is 75.6 Å². The molecule has 4 aromatic rings. The molecule has 0 saturated carbocycles. The summed E-state index contributed by atoms with van der Waals surface area (Å²) in [6, 6.07) is 14.4. The highest BCUT2D eigenvalue weighted by Crippen LogP contribution is 2.34. The van der Waals surface area contributed by atoms with Crippen LogP contribution < -0.4 is 15.7 Å². The lowest BCUT2D eigenvalue weighted by Gasteiger charge is -2.19. The van der Waals surface area contributed by atoms with Crippen LogP contribution in [0, 0.1) is 13.8 Å². The number of benzene rings is 2. The Labute approximate surface area is 202 Å². The molecule has 8 nitrogen and oxygen atoms in total. The molecule has 2 heterocycles. The lowest BCUT2D eigenvalue weighted by Crippen LogP contribution is -2.27. The van der Waals surface area contributed by atoms with E-state index < -0.39 is 17.3 Å². The van der Waals surface area contributed by atoms with Gasteiger partial charge in [-0.05, 0) is 76.6 Å². The van der Waals surface area contributed by atoms with E-state index >= 15 is 0 Å². The second-order valence-corrected chi connectivity index (χ2v) is 9.24. The molecule has 1 amide bonds. The fourth-order valence-corrected chi connectivity index (χ4v) is 3.52. The van der Waals surface area contributed by atoms with Crippen molar-refractivity contribution in [2.75, 3.05) is 5.32 Å². The van der Waals surface area contributed by atoms with Crippen LogP contribution in [0.5, 0.6) is 11.5 Å². The Morgan fingerprint density at radius 3 is 2.54 bits per heavy atom. The molecular formula is C27H27NO7. The molecule has 0 bridgehead atoms. The van der Waals surface area contributed by atoms with Gasteiger partial charge in [0.2, 0.25) is 0 Å². The first-order valence-electron chi connectivity index (χ1n) is 11.1. The van der Waals surface area contributed by atoms with Crippen LogP contribution in [0.25, 0.3) is 22.5 Å². The highest BCUT2D eigenvalue weighted by Gasteiger charge is 2.19. The molecule has 0 aliphatic rings. The van der Waals surface area contributed by atoms with Crippen LogP contribution in [-0.4, -0.2) is 16.8 Å². The number of hydrogen-bond acceptors (Lipinski definition) is 7. The van der Waals surface area contributed by atoms with E-state index in [1.54, 1.807) is 52.0 Å². The van der Waals surface area contributed by atoms with Crippen molar-refractivity contribution >= 4 is 22.7 Å². The third-order valence-electron chi connectivity index (χ3n) is 5.24. The number of amides is 1. The predicted molar refractivity (Wildman–Crippen MR) is 132 cm³/mol. The Kier molecular flexibility index (Phi) is 6.30. The first-order valence-corrected chi connectivity index (χ1v) is 11.1. The molecule has 2 N–H and O–H groups in total. The van der Waals surface area contributed by atoms with Crippen LogP contribution in [-0.2, 0) is 11.3 Å². The highest BCUT2D eigenvalue weighted by molar-refractivity contribution is 5.85. The molecule has 2 aromatic carbocycles. The van der Waals surface area contributed by atoms with Gasteiger partial charge in [-0.25, -0.2) is 9.59 Å². The summed E-state index contributed by atoms with van der Waals surface area (Å²) < 4.78 is 22.4. The maximum absolute atomic E-state index is 12.0. The number of aromatic hydroxyl groups is 1. The van der Waals surface area contributed by atoms with E-state index in [-0.39, 0.29) is 23.7 Å². The molecular weight excluding hydrogens is 450 g/mol. The standard InChI is InChI=1S/C27H27NO7/c1-15-23(29)16(2)25(30)34-24(15)22-13-18-12-20(9-10-21(18)33-22)32-14-17-7-6-8-19(11-17)28-26(31)35-27(3,4)5/h6-13,29H,14H2,1-5H3,(H,28,31). The quantitative estimate of drug-likeness (QED) is 0.347. The number of furan rings is 1. The molecule has 0 spiro atoms. The molecule has 0 fully saturated rings. The summed E-state index contributed by atoms with van der Waals surface area (Å²) in [5.41, 5.74) is 1.43. The molecule has 2 aromatic heterocycles. The monoisotopic (exact) mass is 477 g/mol. The van der Waals surface area contributed by atoms with Crippen LogP contribution in [0.2, 0.25) is 0 Å². The number of anilines is 1. The maximum atomic E-state index is 12.0. The van der Waals surface area contributed by atoms with Crippen molar-refractivity contribution in [2.24, 2.45) is 0 Å². The van der Waals surface area contributed by atoms with Gasteiger partial charge >= 0.3 is 11.7 Å². The molecule has 0 unspecified atom stereocenters. The minimum Gasteiger partial charge on any atom is -0.507 e. The normalized spacial score (nSPS) is 11.5. The van der Waals surface area contributed by atoms with Crippen LogP contribution in [0.3, 0.4) is 0 Å². The maximum Gasteiger partial charge on any atom is 0.412 e. The van der Waals surface area contributed by atoms with Crippen molar-refractivity contribution in [3.8, 4) is 23.0 Å². The topological polar surface area (TPSA) is 111 Å². The van der Waals surface area contributed by atoms with Gasteiger partial charge in [0.15, 0.2) is 11.5 Å². The van der Waals surface area contributed by atoms with Gasteiger partial charge in [-0.2, -0.15) is 0 Å². The van der Waals surface area contributed by atoms with Crippen molar-refractivity contribution in [1.29, 1.82) is 0 Å². The summed E-state index contributed by atoms with van der Waals surface area (Å²) >= 11 is 0. The minimum absolute atomic E-state index is 0.107. The van der Waals surface area contributed by atoms with Gasteiger partial charge in [0.1, 0.15) is 29.3 Å². The number of rotatable bonds is 5. The third-order valence-corrected chi connectivity index (χ3v) is 5.24. The van der Waals surface area contributed by atoms with Crippen molar-refractivity contribution in [2.45, 2.75) is 46.8 Å². The Morgan fingerprint density at radius 1 is 1.03 bits per heavy atom.